The van der Waals surface area contributed by atoms with Gasteiger partial charge in [0.1, 0.15) is 0 Å². The Morgan fingerprint density at radius 3 is 1.83 bits per heavy atom. The molecule has 4 aromatic rings. The van der Waals surface area contributed by atoms with Crippen LogP contribution in [-0.4, -0.2) is 4.98 Å². The van der Waals surface area contributed by atoms with Gasteiger partial charge in [0.15, 0.2) is 0 Å². The summed E-state index contributed by atoms with van der Waals surface area (Å²) in [5.41, 5.74) is 6.12. The summed E-state index contributed by atoms with van der Waals surface area (Å²) in [7, 11) is 0. The zero-order chi connectivity index (χ0) is 16.7. The summed E-state index contributed by atoms with van der Waals surface area (Å²) in [4.78, 5) is 4.84. The summed E-state index contributed by atoms with van der Waals surface area (Å²) in [6, 6.07) is 25.8. The zero-order valence-electron chi connectivity index (χ0n) is 14.4. The van der Waals surface area contributed by atoms with Gasteiger partial charge in [-0.15, -0.1) is 0 Å². The van der Waals surface area contributed by atoms with Gasteiger partial charge in [-0.2, -0.15) is 0 Å². The molecule has 0 aliphatic rings. The third kappa shape index (κ3) is 2.46. The van der Waals surface area contributed by atoms with E-state index in [4.69, 9.17) is 4.98 Å². The lowest BCUT2D eigenvalue weighted by atomic mass is 9.84. The quantitative estimate of drug-likeness (QED) is 0.373. The molecule has 4 rings (SSSR count). The Labute approximate surface area is 143 Å². The molecular formula is C23H21N. The minimum Gasteiger partial charge on any atom is -0.248 e. The lowest BCUT2D eigenvalue weighted by Gasteiger charge is -2.20. The summed E-state index contributed by atoms with van der Waals surface area (Å²) in [5.74, 6) is 0. The number of benzene rings is 3. The number of pyridine rings is 1. The van der Waals surface area contributed by atoms with Crippen LogP contribution in [0, 0.1) is 0 Å². The SMILES string of the molecule is CC(C)(C)c1cccc(-c2c3ccccc3nc3ccccc23)c1. The van der Waals surface area contributed by atoms with E-state index >= 15 is 0 Å². The van der Waals surface area contributed by atoms with Crippen molar-refractivity contribution in [3.63, 3.8) is 0 Å². The molecule has 3 aromatic carbocycles. The summed E-state index contributed by atoms with van der Waals surface area (Å²) < 4.78 is 0. The molecule has 0 saturated heterocycles. The highest BCUT2D eigenvalue weighted by molar-refractivity contribution is 6.09. The monoisotopic (exact) mass is 311 g/mol. The lowest BCUT2D eigenvalue weighted by Crippen LogP contribution is -2.10. The molecule has 1 heteroatoms. The normalized spacial score (nSPS) is 12.0. The third-order valence-corrected chi connectivity index (χ3v) is 4.60. The van der Waals surface area contributed by atoms with Crippen LogP contribution in [0.3, 0.4) is 0 Å². The Hall–Kier alpha value is -2.67. The van der Waals surface area contributed by atoms with Crippen LogP contribution >= 0.6 is 0 Å². The molecule has 0 unspecified atom stereocenters. The highest BCUT2D eigenvalue weighted by Gasteiger charge is 2.16. The molecule has 1 aromatic heterocycles. The molecule has 0 amide bonds. The van der Waals surface area contributed by atoms with Crippen molar-refractivity contribution < 1.29 is 0 Å². The number of nitrogens with zero attached hydrogens (tertiary/aromatic N) is 1. The molecular weight excluding hydrogens is 290 g/mol. The van der Waals surface area contributed by atoms with Gasteiger partial charge in [-0.05, 0) is 28.7 Å². The second-order valence-corrected chi connectivity index (χ2v) is 7.35. The van der Waals surface area contributed by atoms with Crippen molar-refractivity contribution in [2.24, 2.45) is 0 Å². The van der Waals surface area contributed by atoms with Crippen LogP contribution in [0.25, 0.3) is 32.9 Å². The number of fused-ring (bicyclic) bond motifs is 2. The fourth-order valence-electron chi connectivity index (χ4n) is 3.29. The van der Waals surface area contributed by atoms with Crippen molar-refractivity contribution in [2.45, 2.75) is 26.2 Å². The Morgan fingerprint density at radius 1 is 0.667 bits per heavy atom. The predicted octanol–water partition coefficient (Wildman–Crippen LogP) is 6.35. The van der Waals surface area contributed by atoms with Crippen LogP contribution < -0.4 is 0 Å². The summed E-state index contributed by atoms with van der Waals surface area (Å²) in [6.45, 7) is 6.78. The van der Waals surface area contributed by atoms with Gasteiger partial charge >= 0.3 is 0 Å². The van der Waals surface area contributed by atoms with Gasteiger partial charge in [0.2, 0.25) is 0 Å². The molecule has 0 spiro atoms. The van der Waals surface area contributed by atoms with E-state index in [1.807, 2.05) is 0 Å². The first-order valence-corrected chi connectivity index (χ1v) is 8.42. The Balaban J connectivity index is 2.11. The average molecular weight is 311 g/mol. The maximum absolute atomic E-state index is 4.84. The summed E-state index contributed by atoms with van der Waals surface area (Å²) >= 11 is 0. The standard InChI is InChI=1S/C23H21N/c1-23(2,3)17-10-8-9-16(15-17)22-18-11-4-6-13-20(18)24-21-14-7-5-12-19(21)22/h4-15H,1-3H3. The third-order valence-electron chi connectivity index (χ3n) is 4.60. The van der Waals surface area contributed by atoms with Crippen LogP contribution in [0.15, 0.2) is 72.8 Å². The highest BCUT2D eigenvalue weighted by Crippen LogP contribution is 2.36. The molecule has 0 radical (unpaired) electrons. The second kappa shape index (κ2) is 5.45. The number of rotatable bonds is 1. The fourth-order valence-corrected chi connectivity index (χ4v) is 3.29. The molecule has 1 heterocycles. The Bertz CT molecular complexity index is 984. The first-order chi connectivity index (χ1) is 11.5. The topological polar surface area (TPSA) is 12.9 Å². The Morgan fingerprint density at radius 2 is 1.25 bits per heavy atom. The van der Waals surface area contributed by atoms with Crippen molar-refractivity contribution in [2.75, 3.05) is 0 Å². The molecule has 0 fully saturated rings. The van der Waals surface area contributed by atoms with Crippen LogP contribution in [0.2, 0.25) is 0 Å². The zero-order valence-corrected chi connectivity index (χ0v) is 14.4. The van der Waals surface area contributed by atoms with Gasteiger partial charge in [-0.3, -0.25) is 0 Å². The Kier molecular flexibility index (Phi) is 3.38. The van der Waals surface area contributed by atoms with E-state index in [0.717, 1.165) is 11.0 Å². The first kappa shape index (κ1) is 14.9. The first-order valence-electron chi connectivity index (χ1n) is 8.42. The van der Waals surface area contributed by atoms with E-state index in [1.54, 1.807) is 0 Å². The number of aromatic nitrogens is 1. The van der Waals surface area contributed by atoms with Gasteiger partial charge < -0.3 is 0 Å². The van der Waals surface area contributed by atoms with Crippen molar-refractivity contribution in [1.82, 2.24) is 4.98 Å². The molecule has 0 bridgehead atoms. The van der Waals surface area contributed by atoms with Crippen molar-refractivity contribution in [3.8, 4) is 11.1 Å². The molecule has 118 valence electrons. The van der Waals surface area contributed by atoms with Gasteiger partial charge in [-0.25, -0.2) is 4.98 Å². The highest BCUT2D eigenvalue weighted by atomic mass is 14.7. The van der Waals surface area contributed by atoms with Crippen molar-refractivity contribution in [1.29, 1.82) is 0 Å². The maximum Gasteiger partial charge on any atom is 0.0715 e. The van der Waals surface area contributed by atoms with E-state index in [1.165, 1.54) is 27.5 Å². The second-order valence-electron chi connectivity index (χ2n) is 7.35. The van der Waals surface area contributed by atoms with Crippen molar-refractivity contribution >= 4 is 21.8 Å². The van der Waals surface area contributed by atoms with E-state index < -0.39 is 0 Å². The van der Waals surface area contributed by atoms with E-state index in [9.17, 15) is 0 Å². The van der Waals surface area contributed by atoms with Crippen LogP contribution in [-0.2, 0) is 5.41 Å². The lowest BCUT2D eigenvalue weighted by molar-refractivity contribution is 0.590. The molecule has 0 aliphatic carbocycles. The van der Waals surface area contributed by atoms with Gasteiger partial charge in [0.25, 0.3) is 0 Å². The summed E-state index contributed by atoms with van der Waals surface area (Å²) in [6.07, 6.45) is 0. The smallest absolute Gasteiger partial charge is 0.0715 e. The minimum absolute atomic E-state index is 0.134. The molecule has 24 heavy (non-hydrogen) atoms. The molecule has 0 aliphatic heterocycles. The summed E-state index contributed by atoms with van der Waals surface area (Å²) in [5, 5.41) is 2.42. The molecule has 0 N–H and O–H groups in total. The maximum atomic E-state index is 4.84. The van der Waals surface area contributed by atoms with E-state index in [-0.39, 0.29) is 5.41 Å². The average Bonchev–Trinajstić information content (AvgIpc) is 2.59. The van der Waals surface area contributed by atoms with Crippen LogP contribution in [0.1, 0.15) is 26.3 Å². The largest absolute Gasteiger partial charge is 0.248 e. The van der Waals surface area contributed by atoms with E-state index in [0.29, 0.717) is 0 Å². The van der Waals surface area contributed by atoms with Gasteiger partial charge in [-0.1, -0.05) is 81.4 Å². The molecule has 1 nitrogen and oxygen atoms in total. The van der Waals surface area contributed by atoms with E-state index in [2.05, 4.69) is 93.6 Å². The minimum atomic E-state index is 0.134. The van der Waals surface area contributed by atoms with Crippen molar-refractivity contribution in [3.05, 3.63) is 78.4 Å². The van der Waals surface area contributed by atoms with Crippen LogP contribution in [0.4, 0.5) is 0 Å². The predicted molar refractivity (Wildman–Crippen MR) is 103 cm³/mol. The fraction of sp³-hybridized carbons (Fsp3) is 0.174. The molecule has 0 atom stereocenters. The number of hydrogen-bond acceptors (Lipinski definition) is 1. The number of hydrogen-bond donors (Lipinski definition) is 0. The van der Waals surface area contributed by atoms with Crippen LogP contribution in [0.5, 0.6) is 0 Å². The van der Waals surface area contributed by atoms with Gasteiger partial charge in [0, 0.05) is 16.3 Å². The number of para-hydroxylation sites is 2. The molecule has 0 saturated carbocycles. The van der Waals surface area contributed by atoms with Gasteiger partial charge in [0.05, 0.1) is 11.0 Å².